The highest BCUT2D eigenvalue weighted by molar-refractivity contribution is 7.99. The summed E-state index contributed by atoms with van der Waals surface area (Å²) in [5, 5.41) is 0. The van der Waals surface area contributed by atoms with Crippen molar-refractivity contribution in [2.24, 2.45) is 0 Å². The summed E-state index contributed by atoms with van der Waals surface area (Å²) in [6.07, 6.45) is 0. The molecule has 0 spiro atoms. The van der Waals surface area contributed by atoms with Crippen molar-refractivity contribution in [3.8, 4) is 11.5 Å². The molecule has 0 aliphatic carbocycles. The van der Waals surface area contributed by atoms with Gasteiger partial charge in [0.15, 0.2) is 0 Å². The SMILES string of the molecule is Cc1cccc(OCCSCCOc2cccc(C)c2)c1. The average Bonchev–Trinajstić information content (AvgIpc) is 2.46. The van der Waals surface area contributed by atoms with Gasteiger partial charge in [-0.05, 0) is 49.2 Å². The Morgan fingerprint density at radius 3 is 1.67 bits per heavy atom. The van der Waals surface area contributed by atoms with Gasteiger partial charge in [-0.2, -0.15) is 11.8 Å². The molecule has 21 heavy (non-hydrogen) atoms. The fourth-order valence-electron chi connectivity index (χ4n) is 1.95. The molecule has 0 atom stereocenters. The van der Waals surface area contributed by atoms with Crippen LogP contribution in [-0.2, 0) is 0 Å². The lowest BCUT2D eigenvalue weighted by Gasteiger charge is -2.08. The predicted molar refractivity (Wildman–Crippen MR) is 90.7 cm³/mol. The summed E-state index contributed by atoms with van der Waals surface area (Å²) in [6.45, 7) is 5.62. The van der Waals surface area contributed by atoms with Gasteiger partial charge in [-0.15, -0.1) is 0 Å². The zero-order valence-corrected chi connectivity index (χ0v) is 13.5. The number of aryl methyl sites for hydroxylation is 2. The Balaban J connectivity index is 1.54. The van der Waals surface area contributed by atoms with Crippen molar-refractivity contribution < 1.29 is 9.47 Å². The molecular formula is C18H22O2S. The number of benzene rings is 2. The molecule has 2 aromatic rings. The summed E-state index contributed by atoms with van der Waals surface area (Å²) >= 11 is 1.85. The first-order valence-electron chi connectivity index (χ1n) is 7.21. The summed E-state index contributed by atoms with van der Waals surface area (Å²) in [5.74, 6) is 3.86. The second-order valence-electron chi connectivity index (χ2n) is 4.94. The topological polar surface area (TPSA) is 18.5 Å². The van der Waals surface area contributed by atoms with E-state index in [0.717, 1.165) is 36.2 Å². The molecule has 0 aromatic heterocycles. The van der Waals surface area contributed by atoms with Crippen LogP contribution in [0.15, 0.2) is 48.5 Å². The van der Waals surface area contributed by atoms with E-state index in [-0.39, 0.29) is 0 Å². The number of hydrogen-bond donors (Lipinski definition) is 0. The van der Waals surface area contributed by atoms with Crippen LogP contribution in [0.4, 0.5) is 0 Å². The lowest BCUT2D eigenvalue weighted by atomic mass is 10.2. The second kappa shape index (κ2) is 8.63. The molecule has 3 heteroatoms. The summed E-state index contributed by atoms with van der Waals surface area (Å²) < 4.78 is 11.4. The van der Waals surface area contributed by atoms with Gasteiger partial charge < -0.3 is 9.47 Å². The van der Waals surface area contributed by atoms with Gasteiger partial charge in [-0.1, -0.05) is 24.3 Å². The second-order valence-corrected chi connectivity index (χ2v) is 6.17. The molecule has 0 saturated heterocycles. The Bertz CT molecular complexity index is 505. The Hall–Kier alpha value is -1.61. The van der Waals surface area contributed by atoms with Gasteiger partial charge in [0.05, 0.1) is 13.2 Å². The molecule has 2 rings (SSSR count). The molecule has 0 N–H and O–H groups in total. The van der Waals surface area contributed by atoms with Crippen LogP contribution in [0.25, 0.3) is 0 Å². The average molecular weight is 302 g/mol. The highest BCUT2D eigenvalue weighted by atomic mass is 32.2. The molecule has 0 fully saturated rings. The molecule has 0 radical (unpaired) electrons. The first kappa shape index (κ1) is 15.8. The highest BCUT2D eigenvalue weighted by Gasteiger charge is 1.96. The zero-order valence-electron chi connectivity index (χ0n) is 12.7. The van der Waals surface area contributed by atoms with Gasteiger partial charge in [0.2, 0.25) is 0 Å². The summed E-state index contributed by atoms with van der Waals surface area (Å²) in [4.78, 5) is 0. The maximum absolute atomic E-state index is 5.71. The predicted octanol–water partition coefficient (Wildman–Crippen LogP) is 4.49. The standard InChI is InChI=1S/C18H22O2S/c1-15-5-3-7-17(13-15)19-9-11-21-12-10-20-18-8-4-6-16(2)14-18/h3-8,13-14H,9-12H2,1-2H3. The van der Waals surface area contributed by atoms with Crippen LogP contribution in [0.5, 0.6) is 11.5 Å². The largest absolute Gasteiger partial charge is 0.493 e. The molecule has 0 amide bonds. The maximum atomic E-state index is 5.71. The van der Waals surface area contributed by atoms with Crippen LogP contribution in [0.1, 0.15) is 11.1 Å². The first-order valence-corrected chi connectivity index (χ1v) is 8.36. The normalized spacial score (nSPS) is 10.4. The Morgan fingerprint density at radius 2 is 1.24 bits per heavy atom. The molecule has 2 nitrogen and oxygen atoms in total. The molecule has 112 valence electrons. The minimum Gasteiger partial charge on any atom is -0.493 e. The van der Waals surface area contributed by atoms with E-state index < -0.39 is 0 Å². The Kier molecular flexibility index (Phi) is 6.48. The lowest BCUT2D eigenvalue weighted by molar-refractivity contribution is 0.339. The van der Waals surface area contributed by atoms with E-state index in [1.807, 2.05) is 36.0 Å². The lowest BCUT2D eigenvalue weighted by Crippen LogP contribution is -2.04. The van der Waals surface area contributed by atoms with Gasteiger partial charge >= 0.3 is 0 Å². The van der Waals surface area contributed by atoms with Gasteiger partial charge in [-0.3, -0.25) is 0 Å². The van der Waals surface area contributed by atoms with E-state index in [0.29, 0.717) is 0 Å². The van der Waals surface area contributed by atoms with Crippen molar-refractivity contribution in [1.29, 1.82) is 0 Å². The van der Waals surface area contributed by atoms with Crippen molar-refractivity contribution in [2.45, 2.75) is 13.8 Å². The third-order valence-corrected chi connectivity index (χ3v) is 3.88. The third kappa shape index (κ3) is 6.13. The highest BCUT2D eigenvalue weighted by Crippen LogP contribution is 2.14. The maximum Gasteiger partial charge on any atom is 0.119 e. The van der Waals surface area contributed by atoms with Crippen LogP contribution in [-0.4, -0.2) is 24.7 Å². The Morgan fingerprint density at radius 1 is 0.762 bits per heavy atom. The summed E-state index contributed by atoms with van der Waals surface area (Å²) in [7, 11) is 0. The van der Waals surface area contributed by atoms with Crippen LogP contribution in [0, 0.1) is 13.8 Å². The Labute approximate surface area is 131 Å². The molecule has 0 saturated carbocycles. The summed E-state index contributed by atoms with van der Waals surface area (Å²) in [5.41, 5.74) is 2.46. The van der Waals surface area contributed by atoms with Crippen molar-refractivity contribution in [1.82, 2.24) is 0 Å². The molecule has 2 aromatic carbocycles. The van der Waals surface area contributed by atoms with Crippen molar-refractivity contribution in [3.05, 3.63) is 59.7 Å². The first-order chi connectivity index (χ1) is 10.2. The molecular weight excluding hydrogens is 280 g/mol. The minimum atomic E-state index is 0.735. The van der Waals surface area contributed by atoms with Gasteiger partial charge in [-0.25, -0.2) is 0 Å². The van der Waals surface area contributed by atoms with E-state index >= 15 is 0 Å². The quantitative estimate of drug-likeness (QED) is 0.669. The van der Waals surface area contributed by atoms with E-state index in [1.54, 1.807) is 0 Å². The molecule has 0 unspecified atom stereocenters. The monoisotopic (exact) mass is 302 g/mol. The van der Waals surface area contributed by atoms with E-state index in [2.05, 4.69) is 38.1 Å². The zero-order chi connectivity index (χ0) is 14.9. The summed E-state index contributed by atoms with van der Waals surface area (Å²) in [6, 6.07) is 16.3. The van der Waals surface area contributed by atoms with E-state index in [4.69, 9.17) is 9.47 Å². The van der Waals surface area contributed by atoms with Gasteiger partial charge in [0.1, 0.15) is 11.5 Å². The van der Waals surface area contributed by atoms with E-state index in [9.17, 15) is 0 Å². The number of hydrogen-bond acceptors (Lipinski definition) is 3. The fraction of sp³-hybridized carbons (Fsp3) is 0.333. The van der Waals surface area contributed by atoms with Crippen LogP contribution in [0.2, 0.25) is 0 Å². The molecule has 0 bridgehead atoms. The molecule has 0 heterocycles. The third-order valence-electron chi connectivity index (χ3n) is 2.97. The smallest absolute Gasteiger partial charge is 0.119 e. The number of ether oxygens (including phenoxy) is 2. The van der Waals surface area contributed by atoms with Crippen LogP contribution < -0.4 is 9.47 Å². The molecule has 0 aliphatic rings. The fourth-order valence-corrected chi connectivity index (χ4v) is 2.56. The number of rotatable bonds is 8. The van der Waals surface area contributed by atoms with Crippen molar-refractivity contribution in [2.75, 3.05) is 24.7 Å². The van der Waals surface area contributed by atoms with Crippen molar-refractivity contribution >= 4 is 11.8 Å². The van der Waals surface area contributed by atoms with E-state index in [1.165, 1.54) is 11.1 Å². The number of thioether (sulfide) groups is 1. The van der Waals surface area contributed by atoms with Crippen LogP contribution in [0.3, 0.4) is 0 Å². The van der Waals surface area contributed by atoms with Crippen LogP contribution >= 0.6 is 11.8 Å². The van der Waals surface area contributed by atoms with Crippen molar-refractivity contribution in [3.63, 3.8) is 0 Å². The molecule has 0 aliphatic heterocycles. The minimum absolute atomic E-state index is 0.735. The van der Waals surface area contributed by atoms with Gasteiger partial charge in [0, 0.05) is 11.5 Å². The van der Waals surface area contributed by atoms with Gasteiger partial charge in [0.25, 0.3) is 0 Å².